The molecule has 0 aliphatic carbocycles. The molecule has 6 nitrogen and oxygen atoms in total. The zero-order valence-corrected chi connectivity index (χ0v) is 12.5. The molecule has 3 heterocycles. The van der Waals surface area contributed by atoms with Gasteiger partial charge in [-0.15, -0.1) is 12.4 Å². The molecule has 1 N–H and O–H groups in total. The largest absolute Gasteiger partial charge is 0.481 e. The number of aromatic nitrogens is 2. The Morgan fingerprint density at radius 3 is 2.75 bits per heavy atom. The first-order valence-corrected chi connectivity index (χ1v) is 8.19. The first-order valence-electron chi connectivity index (χ1n) is 6.48. The molecule has 0 amide bonds. The maximum Gasteiger partial charge on any atom is 0.306 e. The summed E-state index contributed by atoms with van der Waals surface area (Å²) in [5.74, 6) is -0.325. The second-order valence-corrected chi connectivity index (χ2v) is 7.59. The number of sulfone groups is 1. The number of carboxylic acid groups (broad SMARTS) is 1. The Bertz CT molecular complexity index is 625. The zero-order chi connectivity index (χ0) is 13.6. The molecule has 3 rings (SSSR count). The lowest BCUT2D eigenvalue weighted by Crippen LogP contribution is -2.27. The molecular formula is C12H17ClN2O4S. The van der Waals surface area contributed by atoms with Crippen molar-refractivity contribution in [3.63, 3.8) is 0 Å². The second kappa shape index (κ2) is 5.37. The van der Waals surface area contributed by atoms with E-state index in [1.54, 1.807) is 6.20 Å². The number of fused-ring (bicyclic) bond motifs is 1. The quantitative estimate of drug-likeness (QED) is 0.884. The van der Waals surface area contributed by atoms with Crippen LogP contribution in [0.5, 0.6) is 0 Å². The van der Waals surface area contributed by atoms with Gasteiger partial charge in [0.2, 0.25) is 0 Å². The summed E-state index contributed by atoms with van der Waals surface area (Å²) < 4.78 is 25.9. The van der Waals surface area contributed by atoms with E-state index in [0.717, 1.165) is 5.69 Å². The van der Waals surface area contributed by atoms with Crippen molar-refractivity contribution in [2.45, 2.75) is 37.5 Å². The van der Waals surface area contributed by atoms with Crippen LogP contribution in [0.4, 0.5) is 0 Å². The van der Waals surface area contributed by atoms with Crippen molar-refractivity contribution < 1.29 is 18.3 Å². The number of hydrogen-bond donors (Lipinski definition) is 1. The van der Waals surface area contributed by atoms with Crippen molar-refractivity contribution in [2.75, 3.05) is 5.75 Å². The summed E-state index contributed by atoms with van der Waals surface area (Å²) in [5.41, 5.74) is 0.843. The lowest BCUT2D eigenvalue weighted by molar-refractivity contribution is -0.142. The number of hydrogen-bond acceptors (Lipinski definition) is 4. The van der Waals surface area contributed by atoms with Gasteiger partial charge in [-0.1, -0.05) is 0 Å². The number of rotatable bonds is 2. The molecule has 0 aromatic carbocycles. The van der Waals surface area contributed by atoms with Gasteiger partial charge >= 0.3 is 5.97 Å². The van der Waals surface area contributed by atoms with E-state index in [1.165, 1.54) is 0 Å². The average molecular weight is 321 g/mol. The summed E-state index contributed by atoms with van der Waals surface area (Å²) in [6, 6.07) is 0. The Balaban J connectivity index is 0.00000147. The number of imidazole rings is 1. The molecule has 2 atom stereocenters. The number of nitrogens with zero attached hydrogens (tertiary/aromatic N) is 2. The van der Waals surface area contributed by atoms with Gasteiger partial charge < -0.3 is 9.67 Å². The van der Waals surface area contributed by atoms with Crippen LogP contribution < -0.4 is 0 Å². The predicted molar refractivity (Wildman–Crippen MR) is 74.7 cm³/mol. The number of halogens is 1. The summed E-state index contributed by atoms with van der Waals surface area (Å²) in [5, 5.41) is 8.54. The van der Waals surface area contributed by atoms with Gasteiger partial charge in [-0.2, -0.15) is 0 Å². The first-order chi connectivity index (χ1) is 8.99. The molecule has 1 fully saturated rings. The molecule has 1 saturated heterocycles. The van der Waals surface area contributed by atoms with Gasteiger partial charge in [-0.3, -0.25) is 4.79 Å². The van der Waals surface area contributed by atoms with E-state index in [9.17, 15) is 13.2 Å². The van der Waals surface area contributed by atoms with Crippen molar-refractivity contribution >= 4 is 28.2 Å². The van der Waals surface area contributed by atoms with E-state index in [4.69, 9.17) is 5.11 Å². The molecule has 8 heteroatoms. The first kappa shape index (κ1) is 15.3. The standard InChI is InChI=1S/C12H16N2O4S.ClH/c15-12(16)8-3-4-14-9(6-8)7-13-11(14)10-2-1-5-19(10,17)18;/h7-8,10H,1-6H2,(H,15,16);1H. The number of carbonyl (C=O) groups is 1. The van der Waals surface area contributed by atoms with Crippen molar-refractivity contribution in [1.29, 1.82) is 0 Å². The van der Waals surface area contributed by atoms with Crippen LogP contribution in [0, 0.1) is 5.92 Å². The van der Waals surface area contributed by atoms with Gasteiger partial charge in [-0.05, 0) is 19.3 Å². The van der Waals surface area contributed by atoms with Gasteiger partial charge in [0, 0.05) is 24.9 Å². The van der Waals surface area contributed by atoms with E-state index >= 15 is 0 Å². The molecule has 0 saturated carbocycles. The van der Waals surface area contributed by atoms with Gasteiger partial charge in [0.25, 0.3) is 0 Å². The molecule has 0 bridgehead atoms. The molecule has 0 radical (unpaired) electrons. The van der Waals surface area contributed by atoms with Crippen molar-refractivity contribution in [3.8, 4) is 0 Å². The van der Waals surface area contributed by atoms with E-state index < -0.39 is 21.1 Å². The van der Waals surface area contributed by atoms with Gasteiger partial charge in [0.15, 0.2) is 9.84 Å². The van der Waals surface area contributed by atoms with Crippen LogP contribution in [-0.4, -0.2) is 34.8 Å². The van der Waals surface area contributed by atoms with Crippen molar-refractivity contribution in [1.82, 2.24) is 9.55 Å². The molecule has 20 heavy (non-hydrogen) atoms. The topological polar surface area (TPSA) is 89.3 Å². The minimum atomic E-state index is -3.07. The summed E-state index contributed by atoms with van der Waals surface area (Å²) in [7, 11) is -3.07. The van der Waals surface area contributed by atoms with Gasteiger partial charge in [0.05, 0.1) is 11.7 Å². The minimum Gasteiger partial charge on any atom is -0.481 e. The SMILES string of the molecule is Cl.O=C(O)C1CCn2c(cnc2C2CCCS2(=O)=O)C1. The Morgan fingerprint density at radius 2 is 2.15 bits per heavy atom. The van der Waals surface area contributed by atoms with Crippen molar-refractivity contribution in [2.24, 2.45) is 5.92 Å². The Morgan fingerprint density at radius 1 is 1.40 bits per heavy atom. The molecule has 2 unspecified atom stereocenters. The average Bonchev–Trinajstić information content (AvgIpc) is 2.90. The molecular weight excluding hydrogens is 304 g/mol. The van der Waals surface area contributed by atoms with Crippen LogP contribution in [0.15, 0.2) is 6.20 Å². The zero-order valence-electron chi connectivity index (χ0n) is 10.9. The van der Waals surface area contributed by atoms with Crippen LogP contribution in [0.25, 0.3) is 0 Å². The summed E-state index contributed by atoms with van der Waals surface area (Å²) in [4.78, 5) is 15.3. The lowest BCUT2D eigenvalue weighted by atomic mass is 9.96. The fraction of sp³-hybridized carbons (Fsp3) is 0.667. The third-order valence-electron chi connectivity index (χ3n) is 4.09. The lowest BCUT2D eigenvalue weighted by Gasteiger charge is -2.23. The highest BCUT2D eigenvalue weighted by Crippen LogP contribution is 2.35. The van der Waals surface area contributed by atoms with Crippen LogP contribution in [0.1, 0.15) is 36.0 Å². The second-order valence-electron chi connectivity index (χ2n) is 5.29. The fourth-order valence-electron chi connectivity index (χ4n) is 3.04. The van der Waals surface area contributed by atoms with Crippen LogP contribution in [0.3, 0.4) is 0 Å². The third-order valence-corrected chi connectivity index (χ3v) is 6.26. The van der Waals surface area contributed by atoms with E-state index in [2.05, 4.69) is 4.98 Å². The number of carboxylic acids is 1. The highest BCUT2D eigenvalue weighted by molar-refractivity contribution is 7.91. The summed E-state index contributed by atoms with van der Waals surface area (Å²) in [6.07, 6.45) is 3.93. The Hall–Kier alpha value is -1.08. The molecule has 2 aliphatic heterocycles. The smallest absolute Gasteiger partial charge is 0.306 e. The maximum absolute atomic E-state index is 12.0. The Kier molecular flexibility index (Phi) is 4.11. The maximum atomic E-state index is 12.0. The summed E-state index contributed by atoms with van der Waals surface area (Å²) in [6.45, 7) is 0.549. The molecule has 112 valence electrons. The fourth-order valence-corrected chi connectivity index (χ4v) is 4.93. The minimum absolute atomic E-state index is 0. The van der Waals surface area contributed by atoms with Gasteiger partial charge in [0.1, 0.15) is 11.1 Å². The van der Waals surface area contributed by atoms with E-state index in [1.807, 2.05) is 4.57 Å². The summed E-state index contributed by atoms with van der Waals surface area (Å²) >= 11 is 0. The molecule has 1 aromatic rings. The highest BCUT2D eigenvalue weighted by atomic mass is 35.5. The van der Waals surface area contributed by atoms with Crippen LogP contribution in [-0.2, 0) is 27.6 Å². The Labute approximate surface area is 123 Å². The van der Waals surface area contributed by atoms with Crippen molar-refractivity contribution in [3.05, 3.63) is 17.7 Å². The molecule has 1 aromatic heterocycles. The van der Waals surface area contributed by atoms with Crippen LogP contribution in [0.2, 0.25) is 0 Å². The van der Waals surface area contributed by atoms with E-state index in [0.29, 0.717) is 38.1 Å². The number of aliphatic carboxylic acids is 1. The molecule has 2 aliphatic rings. The highest BCUT2D eigenvalue weighted by Gasteiger charge is 2.37. The van der Waals surface area contributed by atoms with Gasteiger partial charge in [-0.25, -0.2) is 13.4 Å². The monoisotopic (exact) mass is 320 g/mol. The molecule has 0 spiro atoms. The van der Waals surface area contributed by atoms with Crippen LogP contribution >= 0.6 is 12.4 Å². The normalized spacial score (nSPS) is 27.6. The third kappa shape index (κ3) is 2.44. The van der Waals surface area contributed by atoms with E-state index in [-0.39, 0.29) is 24.1 Å². The predicted octanol–water partition coefficient (Wildman–Crippen LogP) is 1.20.